The van der Waals surface area contributed by atoms with Gasteiger partial charge in [0.15, 0.2) is 0 Å². The summed E-state index contributed by atoms with van der Waals surface area (Å²) in [6.07, 6.45) is 2.17. The standard InChI is InChI=1S/C7H14O3/c1-3-4-7(8)5-6(2)9-10-7/h6,8H,3-5H2,1-2H3. The molecule has 10 heavy (non-hydrogen) atoms. The van der Waals surface area contributed by atoms with Crippen molar-refractivity contribution < 1.29 is 14.9 Å². The minimum absolute atomic E-state index is 0.0246. The fraction of sp³-hybridized carbons (Fsp3) is 1.00. The number of hydrogen-bond donors (Lipinski definition) is 1. The van der Waals surface area contributed by atoms with Gasteiger partial charge in [-0.3, -0.25) is 0 Å². The Morgan fingerprint density at radius 2 is 2.40 bits per heavy atom. The molecule has 3 nitrogen and oxygen atoms in total. The topological polar surface area (TPSA) is 38.7 Å². The summed E-state index contributed by atoms with van der Waals surface area (Å²) < 4.78 is 0. The predicted molar refractivity (Wildman–Crippen MR) is 36.1 cm³/mol. The van der Waals surface area contributed by atoms with Gasteiger partial charge < -0.3 is 5.11 Å². The van der Waals surface area contributed by atoms with Crippen LogP contribution in [-0.2, 0) is 9.78 Å². The molecule has 2 unspecified atom stereocenters. The van der Waals surface area contributed by atoms with Crippen molar-refractivity contribution in [3.63, 3.8) is 0 Å². The van der Waals surface area contributed by atoms with Crippen molar-refractivity contribution in [1.82, 2.24) is 0 Å². The predicted octanol–water partition coefficient (Wildman–Crippen LogP) is 1.22. The van der Waals surface area contributed by atoms with Gasteiger partial charge in [0, 0.05) is 12.8 Å². The first kappa shape index (κ1) is 7.98. The minimum Gasteiger partial charge on any atom is -0.363 e. The first-order valence-electron chi connectivity index (χ1n) is 3.73. The van der Waals surface area contributed by atoms with Crippen LogP contribution in [0.3, 0.4) is 0 Å². The lowest BCUT2D eigenvalue weighted by Crippen LogP contribution is -2.26. The minimum atomic E-state index is -1.01. The third kappa shape index (κ3) is 1.68. The van der Waals surface area contributed by atoms with Crippen LogP contribution in [0, 0.1) is 0 Å². The molecule has 0 aliphatic carbocycles. The van der Waals surface area contributed by atoms with Crippen molar-refractivity contribution in [3.05, 3.63) is 0 Å². The van der Waals surface area contributed by atoms with Crippen LogP contribution in [-0.4, -0.2) is 17.0 Å². The van der Waals surface area contributed by atoms with E-state index in [1.807, 2.05) is 13.8 Å². The third-order valence-electron chi connectivity index (χ3n) is 1.61. The Morgan fingerprint density at radius 3 is 2.80 bits per heavy atom. The molecule has 1 N–H and O–H groups in total. The molecule has 0 aromatic rings. The molecule has 1 rings (SSSR count). The summed E-state index contributed by atoms with van der Waals surface area (Å²) in [7, 11) is 0. The van der Waals surface area contributed by atoms with Crippen LogP contribution in [0.4, 0.5) is 0 Å². The van der Waals surface area contributed by atoms with Gasteiger partial charge in [-0.15, -0.1) is 0 Å². The van der Waals surface area contributed by atoms with Gasteiger partial charge in [0.2, 0.25) is 5.79 Å². The van der Waals surface area contributed by atoms with Gasteiger partial charge in [0.1, 0.15) is 0 Å². The van der Waals surface area contributed by atoms with Crippen LogP contribution in [0.25, 0.3) is 0 Å². The van der Waals surface area contributed by atoms with Crippen molar-refractivity contribution >= 4 is 0 Å². The highest BCUT2D eigenvalue weighted by atomic mass is 17.2. The second-order valence-corrected chi connectivity index (χ2v) is 2.89. The molecule has 0 amide bonds. The molecular formula is C7H14O3. The largest absolute Gasteiger partial charge is 0.363 e. The summed E-state index contributed by atoms with van der Waals surface area (Å²) >= 11 is 0. The average molecular weight is 146 g/mol. The molecule has 2 atom stereocenters. The number of aliphatic hydroxyl groups is 1. The Bertz CT molecular complexity index is 111. The van der Waals surface area contributed by atoms with E-state index >= 15 is 0 Å². The molecule has 0 radical (unpaired) electrons. The summed E-state index contributed by atoms with van der Waals surface area (Å²) in [5.41, 5.74) is 0. The van der Waals surface area contributed by atoms with Crippen molar-refractivity contribution in [2.24, 2.45) is 0 Å². The number of hydrogen-bond acceptors (Lipinski definition) is 3. The molecule has 0 aromatic carbocycles. The van der Waals surface area contributed by atoms with Gasteiger partial charge in [-0.1, -0.05) is 13.3 Å². The van der Waals surface area contributed by atoms with Gasteiger partial charge in [0.05, 0.1) is 6.10 Å². The van der Waals surface area contributed by atoms with Crippen LogP contribution in [0.15, 0.2) is 0 Å². The van der Waals surface area contributed by atoms with Gasteiger partial charge in [-0.05, 0) is 6.92 Å². The Kier molecular flexibility index (Phi) is 2.28. The van der Waals surface area contributed by atoms with Crippen molar-refractivity contribution in [2.75, 3.05) is 0 Å². The van der Waals surface area contributed by atoms with Gasteiger partial charge in [-0.2, -0.15) is 0 Å². The zero-order valence-electron chi connectivity index (χ0n) is 6.46. The average Bonchev–Trinajstić information content (AvgIpc) is 2.12. The summed E-state index contributed by atoms with van der Waals surface area (Å²) in [6, 6.07) is 0. The first-order valence-corrected chi connectivity index (χ1v) is 3.73. The van der Waals surface area contributed by atoms with E-state index in [1.54, 1.807) is 0 Å². The number of rotatable bonds is 2. The fourth-order valence-corrected chi connectivity index (χ4v) is 1.22. The molecule has 0 saturated carbocycles. The van der Waals surface area contributed by atoms with E-state index in [2.05, 4.69) is 0 Å². The van der Waals surface area contributed by atoms with E-state index in [0.717, 1.165) is 6.42 Å². The summed E-state index contributed by atoms with van der Waals surface area (Å²) in [4.78, 5) is 9.52. The van der Waals surface area contributed by atoms with Gasteiger partial charge >= 0.3 is 0 Å². The van der Waals surface area contributed by atoms with Crippen molar-refractivity contribution in [2.45, 2.75) is 45.0 Å². The molecule has 1 aliphatic heterocycles. The normalized spacial score (nSPS) is 40.5. The van der Waals surface area contributed by atoms with E-state index in [9.17, 15) is 5.11 Å². The Morgan fingerprint density at radius 1 is 1.70 bits per heavy atom. The maximum atomic E-state index is 9.51. The lowest BCUT2D eigenvalue weighted by molar-refractivity contribution is -0.378. The van der Waals surface area contributed by atoms with Crippen LogP contribution < -0.4 is 0 Å². The molecule has 0 aromatic heterocycles. The lowest BCUT2D eigenvalue weighted by Gasteiger charge is -2.16. The quantitative estimate of drug-likeness (QED) is 0.595. The second-order valence-electron chi connectivity index (χ2n) is 2.89. The lowest BCUT2D eigenvalue weighted by atomic mass is 10.1. The molecule has 60 valence electrons. The molecular weight excluding hydrogens is 132 g/mol. The van der Waals surface area contributed by atoms with E-state index in [4.69, 9.17) is 9.78 Å². The molecule has 1 saturated heterocycles. The smallest absolute Gasteiger partial charge is 0.201 e. The first-order chi connectivity index (χ1) is 4.66. The summed E-state index contributed by atoms with van der Waals surface area (Å²) in [5, 5.41) is 9.51. The highest BCUT2D eigenvalue weighted by Gasteiger charge is 2.37. The molecule has 1 fully saturated rings. The van der Waals surface area contributed by atoms with Crippen LogP contribution in [0.2, 0.25) is 0 Å². The fourth-order valence-electron chi connectivity index (χ4n) is 1.22. The Hall–Kier alpha value is -0.120. The van der Waals surface area contributed by atoms with E-state index in [-0.39, 0.29) is 6.10 Å². The Labute approximate surface area is 60.9 Å². The molecule has 0 bridgehead atoms. The van der Waals surface area contributed by atoms with Gasteiger partial charge in [-0.25, -0.2) is 9.78 Å². The van der Waals surface area contributed by atoms with Crippen LogP contribution in [0.5, 0.6) is 0 Å². The maximum absolute atomic E-state index is 9.51. The third-order valence-corrected chi connectivity index (χ3v) is 1.61. The molecule has 0 spiro atoms. The van der Waals surface area contributed by atoms with Crippen LogP contribution >= 0.6 is 0 Å². The zero-order valence-corrected chi connectivity index (χ0v) is 6.46. The van der Waals surface area contributed by atoms with E-state index in [0.29, 0.717) is 12.8 Å². The SMILES string of the molecule is CCCC1(O)CC(C)OO1. The highest BCUT2D eigenvalue weighted by molar-refractivity contribution is 4.72. The van der Waals surface area contributed by atoms with Gasteiger partial charge in [0.25, 0.3) is 0 Å². The van der Waals surface area contributed by atoms with E-state index < -0.39 is 5.79 Å². The highest BCUT2D eigenvalue weighted by Crippen LogP contribution is 2.29. The summed E-state index contributed by atoms with van der Waals surface area (Å²) in [5.74, 6) is -1.01. The van der Waals surface area contributed by atoms with Crippen molar-refractivity contribution in [1.29, 1.82) is 0 Å². The maximum Gasteiger partial charge on any atom is 0.201 e. The Balaban J connectivity index is 2.38. The summed E-state index contributed by atoms with van der Waals surface area (Å²) in [6.45, 7) is 3.89. The molecule has 1 heterocycles. The van der Waals surface area contributed by atoms with Crippen LogP contribution in [0.1, 0.15) is 33.1 Å². The van der Waals surface area contributed by atoms with E-state index in [1.165, 1.54) is 0 Å². The second kappa shape index (κ2) is 2.86. The molecule has 3 heteroatoms. The van der Waals surface area contributed by atoms with Crippen molar-refractivity contribution in [3.8, 4) is 0 Å². The molecule has 1 aliphatic rings. The zero-order chi connectivity index (χ0) is 7.61. The monoisotopic (exact) mass is 146 g/mol.